The van der Waals surface area contributed by atoms with Gasteiger partial charge in [0, 0.05) is 0 Å². The molecule has 0 nitrogen and oxygen atoms in total. The van der Waals surface area contributed by atoms with Gasteiger partial charge in [-0.1, -0.05) is 46.5 Å². The summed E-state index contributed by atoms with van der Waals surface area (Å²) in [7, 11) is 0. The first kappa shape index (κ1) is 10.0. The van der Waals surface area contributed by atoms with Crippen LogP contribution in [-0.2, 0) is 0 Å². The van der Waals surface area contributed by atoms with Gasteiger partial charge in [-0.05, 0) is 5.92 Å². The molecule has 62 valence electrons. The predicted octanol–water partition coefficient (Wildman–Crippen LogP) is 3.53. The van der Waals surface area contributed by atoms with Crippen molar-refractivity contribution >= 4 is 0 Å². The van der Waals surface area contributed by atoms with Gasteiger partial charge in [-0.15, -0.1) is 0 Å². The Kier molecular flexibility index (Phi) is 4.76. The molecule has 0 heterocycles. The molecule has 0 spiro atoms. The Morgan fingerprint density at radius 3 is 2.00 bits per heavy atom. The van der Waals surface area contributed by atoms with E-state index in [1.165, 1.54) is 12.8 Å². The minimum atomic E-state index is 0.606. The third-order valence-corrected chi connectivity index (χ3v) is 2.44. The monoisotopic (exact) mass is 141 g/mol. The number of hydrogen-bond donors (Lipinski definition) is 0. The fourth-order valence-electron chi connectivity index (χ4n) is 1.03. The van der Waals surface area contributed by atoms with Crippen LogP contribution in [0.5, 0.6) is 0 Å². The molecular weight excluding hydrogens is 120 g/mol. The number of hydrogen-bond acceptors (Lipinski definition) is 0. The second kappa shape index (κ2) is 4.76. The Balaban J connectivity index is 3.46. The molecule has 0 aliphatic carbocycles. The van der Waals surface area contributed by atoms with Gasteiger partial charge >= 0.3 is 0 Å². The summed E-state index contributed by atoms with van der Waals surface area (Å²) in [6.07, 6.45) is 2.64. The molecule has 10 heavy (non-hydrogen) atoms. The molecule has 0 radical (unpaired) electrons. The summed E-state index contributed by atoms with van der Waals surface area (Å²) in [6.45, 7) is 13.1. The van der Waals surface area contributed by atoms with Crippen molar-refractivity contribution in [1.29, 1.82) is 0 Å². The summed E-state index contributed by atoms with van der Waals surface area (Å²) in [6, 6.07) is 0. The molecule has 0 saturated carbocycles. The van der Waals surface area contributed by atoms with Crippen LogP contribution in [0.3, 0.4) is 0 Å². The Bertz CT molecular complexity index is 74.1. The minimum Gasteiger partial charge on any atom is -0.340 e. The molecule has 0 N–H and O–H groups in total. The largest absolute Gasteiger partial charge is 0.340 e. The van der Waals surface area contributed by atoms with E-state index in [2.05, 4.69) is 34.6 Å². The molecule has 0 aromatic rings. The quantitative estimate of drug-likeness (QED) is 0.525. The molecule has 0 aromatic carbocycles. The third-order valence-electron chi connectivity index (χ3n) is 2.44. The number of rotatable bonds is 4. The van der Waals surface area contributed by atoms with E-state index in [4.69, 9.17) is 0 Å². The summed E-state index contributed by atoms with van der Waals surface area (Å²) >= 11 is 0. The second-order valence-corrected chi connectivity index (χ2v) is 3.70. The maximum Gasteiger partial charge on any atom is -0.0444 e. The standard InChI is InChI=1S/C10H21/c1-6-9(4)7-10(5)8(2)3/h8-10H,2,6-7H2,1,3-5H3/q-1. The first-order valence-corrected chi connectivity index (χ1v) is 4.41. The molecule has 0 rings (SSSR count). The Morgan fingerprint density at radius 2 is 1.70 bits per heavy atom. The van der Waals surface area contributed by atoms with Gasteiger partial charge in [0.25, 0.3) is 0 Å². The van der Waals surface area contributed by atoms with E-state index in [9.17, 15) is 0 Å². The Labute approximate surface area is 66.0 Å². The van der Waals surface area contributed by atoms with E-state index in [-0.39, 0.29) is 0 Å². The van der Waals surface area contributed by atoms with Crippen molar-refractivity contribution in [2.45, 2.75) is 40.5 Å². The van der Waals surface area contributed by atoms with Crippen molar-refractivity contribution in [2.24, 2.45) is 17.8 Å². The van der Waals surface area contributed by atoms with Gasteiger partial charge < -0.3 is 6.92 Å². The second-order valence-electron chi connectivity index (χ2n) is 3.70. The van der Waals surface area contributed by atoms with Crippen LogP contribution in [0.2, 0.25) is 0 Å². The molecule has 0 aromatic heterocycles. The lowest BCUT2D eigenvalue weighted by Crippen LogP contribution is -2.08. The van der Waals surface area contributed by atoms with Crippen LogP contribution < -0.4 is 0 Å². The fourth-order valence-corrected chi connectivity index (χ4v) is 1.03. The zero-order chi connectivity index (χ0) is 8.15. The minimum absolute atomic E-state index is 0.606. The maximum atomic E-state index is 4.03. The zero-order valence-corrected chi connectivity index (χ0v) is 7.85. The Morgan fingerprint density at radius 1 is 1.20 bits per heavy atom. The van der Waals surface area contributed by atoms with Crippen LogP contribution in [0.15, 0.2) is 0 Å². The zero-order valence-electron chi connectivity index (χ0n) is 7.85. The van der Waals surface area contributed by atoms with Crippen LogP contribution >= 0.6 is 0 Å². The van der Waals surface area contributed by atoms with Crippen LogP contribution in [0.25, 0.3) is 0 Å². The van der Waals surface area contributed by atoms with Gasteiger partial charge in [0.15, 0.2) is 0 Å². The van der Waals surface area contributed by atoms with Crippen molar-refractivity contribution in [2.75, 3.05) is 0 Å². The summed E-state index contributed by atoms with van der Waals surface area (Å²) in [5.74, 6) is 2.27. The van der Waals surface area contributed by atoms with Crippen molar-refractivity contribution in [1.82, 2.24) is 0 Å². The van der Waals surface area contributed by atoms with E-state index >= 15 is 0 Å². The molecule has 0 fully saturated rings. The highest BCUT2D eigenvalue weighted by molar-refractivity contribution is 4.65. The molecule has 0 aliphatic heterocycles. The highest BCUT2D eigenvalue weighted by Crippen LogP contribution is 2.20. The van der Waals surface area contributed by atoms with Crippen molar-refractivity contribution < 1.29 is 0 Å². The van der Waals surface area contributed by atoms with E-state index in [0.717, 1.165) is 11.8 Å². The summed E-state index contributed by atoms with van der Waals surface area (Å²) in [5, 5.41) is 0. The third kappa shape index (κ3) is 3.92. The van der Waals surface area contributed by atoms with Crippen LogP contribution in [-0.4, -0.2) is 0 Å². The summed E-state index contributed by atoms with van der Waals surface area (Å²) < 4.78 is 0. The van der Waals surface area contributed by atoms with Crippen molar-refractivity contribution in [3.05, 3.63) is 6.92 Å². The molecule has 3 unspecified atom stereocenters. The van der Waals surface area contributed by atoms with Gasteiger partial charge in [0.1, 0.15) is 0 Å². The molecule has 0 heteroatoms. The summed E-state index contributed by atoms with van der Waals surface area (Å²) in [4.78, 5) is 0. The van der Waals surface area contributed by atoms with Gasteiger partial charge in [-0.25, -0.2) is 0 Å². The van der Waals surface area contributed by atoms with E-state index in [1.54, 1.807) is 0 Å². The van der Waals surface area contributed by atoms with Gasteiger partial charge in [-0.2, -0.15) is 5.92 Å². The SMILES string of the molecule is [CH2-]C(C)C(C)CC(C)CC. The summed E-state index contributed by atoms with van der Waals surface area (Å²) in [5.41, 5.74) is 0. The lowest BCUT2D eigenvalue weighted by Gasteiger charge is -2.23. The first-order valence-electron chi connectivity index (χ1n) is 4.41. The van der Waals surface area contributed by atoms with Crippen molar-refractivity contribution in [3.63, 3.8) is 0 Å². The van der Waals surface area contributed by atoms with Crippen molar-refractivity contribution in [3.8, 4) is 0 Å². The highest BCUT2D eigenvalue weighted by Gasteiger charge is 2.06. The molecular formula is C10H21-. The lowest BCUT2D eigenvalue weighted by molar-refractivity contribution is 0.347. The molecule has 0 aliphatic rings. The van der Waals surface area contributed by atoms with E-state index in [1.807, 2.05) is 0 Å². The molecule has 3 atom stereocenters. The van der Waals surface area contributed by atoms with Gasteiger partial charge in [0.05, 0.1) is 0 Å². The maximum absolute atomic E-state index is 4.03. The smallest absolute Gasteiger partial charge is 0.0444 e. The average Bonchev–Trinajstić information content (AvgIpc) is 1.87. The van der Waals surface area contributed by atoms with E-state index in [0.29, 0.717) is 5.92 Å². The lowest BCUT2D eigenvalue weighted by atomic mass is 9.88. The first-order chi connectivity index (χ1) is 4.57. The molecule has 0 amide bonds. The predicted molar refractivity (Wildman–Crippen MR) is 47.8 cm³/mol. The van der Waals surface area contributed by atoms with Crippen LogP contribution in [0.4, 0.5) is 0 Å². The topological polar surface area (TPSA) is 0 Å². The fraction of sp³-hybridized carbons (Fsp3) is 0.900. The van der Waals surface area contributed by atoms with Gasteiger partial charge in [-0.3, -0.25) is 0 Å². The normalized spacial score (nSPS) is 20.1. The molecule has 0 saturated heterocycles. The Hall–Kier alpha value is 0. The highest BCUT2D eigenvalue weighted by atomic mass is 14.2. The molecule has 0 bridgehead atoms. The van der Waals surface area contributed by atoms with Crippen LogP contribution in [0, 0.1) is 24.7 Å². The van der Waals surface area contributed by atoms with Crippen LogP contribution in [0.1, 0.15) is 40.5 Å². The van der Waals surface area contributed by atoms with Gasteiger partial charge in [0.2, 0.25) is 0 Å². The van der Waals surface area contributed by atoms with E-state index < -0.39 is 0 Å². The average molecular weight is 141 g/mol.